The molecule has 5 rings (SSSR count). The first-order chi connectivity index (χ1) is 17.8. The summed E-state index contributed by atoms with van der Waals surface area (Å²) in [5.74, 6) is -0.711. The summed E-state index contributed by atoms with van der Waals surface area (Å²) in [5.41, 5.74) is 3.14. The number of fused-ring (bicyclic) bond motifs is 2. The highest BCUT2D eigenvalue weighted by Gasteiger charge is 2.38. The topological polar surface area (TPSA) is 81.0 Å². The fourth-order valence-electron chi connectivity index (χ4n) is 4.92. The molecule has 0 aliphatic carbocycles. The van der Waals surface area contributed by atoms with Gasteiger partial charge in [-0.15, -0.1) is 11.8 Å². The summed E-state index contributed by atoms with van der Waals surface area (Å²) in [6.07, 6.45) is 1.99. The zero-order valence-corrected chi connectivity index (χ0v) is 22.9. The van der Waals surface area contributed by atoms with E-state index < -0.39 is 12.0 Å². The molecule has 190 valence electrons. The van der Waals surface area contributed by atoms with Crippen LogP contribution in [0.1, 0.15) is 44.9 Å². The number of esters is 1. The van der Waals surface area contributed by atoms with E-state index in [0.29, 0.717) is 26.2 Å². The van der Waals surface area contributed by atoms with E-state index in [1.807, 2.05) is 68.6 Å². The van der Waals surface area contributed by atoms with E-state index in [4.69, 9.17) is 4.74 Å². The largest absolute Gasteiger partial charge is 0.463 e. The predicted molar refractivity (Wildman–Crippen MR) is 147 cm³/mol. The Morgan fingerprint density at radius 1 is 1.14 bits per heavy atom. The maximum Gasteiger partial charge on any atom is 0.338 e. The molecular formula is C28H27N3O4S2. The number of thioether (sulfide) groups is 1. The van der Waals surface area contributed by atoms with E-state index in [2.05, 4.69) is 4.99 Å². The number of carbonyl (C=O) groups excluding carboxylic acids is 2. The van der Waals surface area contributed by atoms with Crippen molar-refractivity contribution in [1.29, 1.82) is 0 Å². The van der Waals surface area contributed by atoms with E-state index in [1.54, 1.807) is 30.5 Å². The molecule has 1 atom stereocenters. The number of thiazole rings is 1. The number of benzene rings is 2. The lowest BCUT2D eigenvalue weighted by atomic mass is 9.96. The van der Waals surface area contributed by atoms with Gasteiger partial charge in [0.15, 0.2) is 4.80 Å². The molecule has 3 heterocycles. The zero-order chi connectivity index (χ0) is 26.4. The summed E-state index contributed by atoms with van der Waals surface area (Å²) in [4.78, 5) is 48.8. The van der Waals surface area contributed by atoms with Crippen LogP contribution in [-0.2, 0) is 14.3 Å². The molecule has 9 heteroatoms. The van der Waals surface area contributed by atoms with E-state index in [-0.39, 0.29) is 24.1 Å². The average Bonchev–Trinajstić information content (AvgIpc) is 3.35. The van der Waals surface area contributed by atoms with Gasteiger partial charge in [0.2, 0.25) is 0 Å². The highest BCUT2D eigenvalue weighted by atomic mass is 32.2. The summed E-state index contributed by atoms with van der Waals surface area (Å²) < 4.78 is 7.23. The average molecular weight is 534 g/mol. The number of carbonyl (C=O) groups is 2. The Morgan fingerprint density at radius 3 is 2.49 bits per heavy atom. The van der Waals surface area contributed by atoms with Crippen LogP contribution in [0.15, 0.2) is 74.5 Å². The normalized spacial score (nSPS) is 18.2. The van der Waals surface area contributed by atoms with Gasteiger partial charge in [-0.05, 0) is 57.7 Å². The van der Waals surface area contributed by atoms with Gasteiger partial charge in [-0.1, -0.05) is 41.7 Å². The molecule has 1 aromatic heterocycles. The van der Waals surface area contributed by atoms with Gasteiger partial charge in [0.25, 0.3) is 11.5 Å². The van der Waals surface area contributed by atoms with Crippen LogP contribution in [0, 0.1) is 0 Å². The standard InChI is InChI=1S/C28H27N3O4S2/c1-6-35-27(34)21-16(4)29-28-31(23(21)17-11-13-18(36-5)14-12-17)26(33)24(37-28)22-19-9-7-8-10-20(19)30(15(2)3)25(22)32/h7-15,23H,6H2,1-5H3/b24-22+/t23-/m0/s1. The molecule has 0 saturated carbocycles. The smallest absolute Gasteiger partial charge is 0.338 e. The van der Waals surface area contributed by atoms with Crippen LogP contribution in [0.2, 0.25) is 0 Å². The van der Waals surface area contributed by atoms with Crippen LogP contribution in [0.5, 0.6) is 0 Å². The highest BCUT2D eigenvalue weighted by molar-refractivity contribution is 7.98. The molecule has 0 bridgehead atoms. The number of ether oxygens (including phenoxy) is 1. The molecule has 3 aromatic rings. The van der Waals surface area contributed by atoms with Gasteiger partial charge in [-0.3, -0.25) is 14.2 Å². The lowest BCUT2D eigenvalue weighted by Gasteiger charge is -2.24. The second kappa shape index (κ2) is 9.79. The SMILES string of the molecule is CCOC(=O)C1=C(C)N=c2s/c(=C3/C(=O)N(C(C)C)c4ccccc43)c(=O)n2[C@H]1c1ccc(SC)cc1. The predicted octanol–water partition coefficient (Wildman–Crippen LogP) is 3.65. The van der Waals surface area contributed by atoms with Gasteiger partial charge in [-0.2, -0.15) is 0 Å². The molecule has 0 saturated heterocycles. The van der Waals surface area contributed by atoms with E-state index in [9.17, 15) is 14.4 Å². The van der Waals surface area contributed by atoms with Crippen LogP contribution in [0.4, 0.5) is 5.69 Å². The van der Waals surface area contributed by atoms with Crippen molar-refractivity contribution < 1.29 is 14.3 Å². The molecule has 2 aromatic carbocycles. The summed E-state index contributed by atoms with van der Waals surface area (Å²) in [5, 5.41) is 0. The van der Waals surface area contributed by atoms with E-state index in [0.717, 1.165) is 21.7 Å². The second-order valence-electron chi connectivity index (χ2n) is 9.06. The lowest BCUT2D eigenvalue weighted by Crippen LogP contribution is -2.41. The minimum absolute atomic E-state index is 0.0739. The van der Waals surface area contributed by atoms with Crippen molar-refractivity contribution in [2.75, 3.05) is 17.8 Å². The third kappa shape index (κ3) is 4.06. The van der Waals surface area contributed by atoms with Gasteiger partial charge >= 0.3 is 5.97 Å². The first-order valence-corrected chi connectivity index (χ1v) is 14.1. The van der Waals surface area contributed by atoms with Crippen molar-refractivity contribution in [1.82, 2.24) is 4.57 Å². The quantitative estimate of drug-likeness (QED) is 0.370. The first-order valence-electron chi connectivity index (χ1n) is 12.1. The molecule has 0 radical (unpaired) electrons. The number of allylic oxidation sites excluding steroid dienone is 1. The Morgan fingerprint density at radius 2 is 1.84 bits per heavy atom. The number of rotatable bonds is 5. The Bertz CT molecular complexity index is 1630. The van der Waals surface area contributed by atoms with Crippen LogP contribution in [0.25, 0.3) is 5.57 Å². The van der Waals surface area contributed by atoms with Crippen LogP contribution in [-0.4, -0.2) is 35.3 Å². The molecule has 0 N–H and O–H groups in total. The number of nitrogens with zero attached hydrogens (tertiary/aromatic N) is 3. The molecule has 0 spiro atoms. The van der Waals surface area contributed by atoms with Gasteiger partial charge < -0.3 is 9.64 Å². The maximum absolute atomic E-state index is 14.1. The van der Waals surface area contributed by atoms with Crippen molar-refractivity contribution in [3.63, 3.8) is 0 Å². The van der Waals surface area contributed by atoms with Crippen LogP contribution < -0.4 is 19.8 Å². The Labute approximate surface area is 222 Å². The minimum atomic E-state index is -0.714. The molecule has 37 heavy (non-hydrogen) atoms. The van der Waals surface area contributed by atoms with Crippen LogP contribution in [0.3, 0.4) is 0 Å². The summed E-state index contributed by atoms with van der Waals surface area (Å²) in [7, 11) is 0. The third-order valence-electron chi connectivity index (χ3n) is 6.53. The van der Waals surface area contributed by atoms with Crippen molar-refractivity contribution in [2.45, 2.75) is 44.7 Å². The van der Waals surface area contributed by atoms with Crippen molar-refractivity contribution >= 4 is 46.2 Å². The van der Waals surface area contributed by atoms with Crippen molar-refractivity contribution in [3.05, 3.63) is 90.6 Å². The number of hydrogen-bond acceptors (Lipinski definition) is 7. The lowest BCUT2D eigenvalue weighted by molar-refractivity contribution is -0.139. The number of hydrogen-bond donors (Lipinski definition) is 0. The third-order valence-corrected chi connectivity index (χ3v) is 8.33. The maximum atomic E-state index is 14.1. The van der Waals surface area contributed by atoms with Gasteiger partial charge in [0, 0.05) is 16.5 Å². The Balaban J connectivity index is 1.81. The van der Waals surface area contributed by atoms with E-state index >= 15 is 0 Å². The summed E-state index contributed by atoms with van der Waals surface area (Å²) in [6, 6.07) is 14.5. The van der Waals surface area contributed by atoms with Crippen molar-refractivity contribution in [2.24, 2.45) is 4.99 Å². The number of aromatic nitrogens is 1. The first kappa shape index (κ1) is 25.2. The molecular weight excluding hydrogens is 506 g/mol. The molecule has 0 fully saturated rings. The van der Waals surface area contributed by atoms with Crippen LogP contribution >= 0.6 is 23.1 Å². The number of anilines is 1. The number of para-hydroxylation sites is 1. The van der Waals surface area contributed by atoms with Crippen molar-refractivity contribution in [3.8, 4) is 0 Å². The molecule has 2 aliphatic rings. The molecule has 2 aliphatic heterocycles. The van der Waals surface area contributed by atoms with Gasteiger partial charge in [0.1, 0.15) is 4.53 Å². The van der Waals surface area contributed by atoms with Gasteiger partial charge in [0.05, 0.1) is 35.2 Å². The molecule has 7 nitrogen and oxygen atoms in total. The van der Waals surface area contributed by atoms with E-state index in [1.165, 1.54) is 15.9 Å². The highest BCUT2D eigenvalue weighted by Crippen LogP contribution is 2.37. The second-order valence-corrected chi connectivity index (χ2v) is 10.9. The zero-order valence-electron chi connectivity index (χ0n) is 21.3. The van der Waals surface area contributed by atoms with Gasteiger partial charge in [-0.25, -0.2) is 9.79 Å². The Hall–Kier alpha value is -3.43. The molecule has 1 amide bonds. The minimum Gasteiger partial charge on any atom is -0.463 e. The summed E-state index contributed by atoms with van der Waals surface area (Å²) >= 11 is 2.80. The fourth-order valence-corrected chi connectivity index (χ4v) is 6.46. The fraction of sp³-hybridized carbons (Fsp3) is 0.286. The molecule has 0 unspecified atom stereocenters. The monoisotopic (exact) mass is 533 g/mol. The number of amides is 1. The summed E-state index contributed by atoms with van der Waals surface area (Å²) in [6.45, 7) is 7.61. The Kier molecular flexibility index (Phi) is 6.68.